The standard InChI is InChI=1S/C11H23N/c1-10-6-5-8-12(10)9-7-11(2,3)4/h10H,5-9H2,1-4H3. The van der Waals surface area contributed by atoms with Crippen LogP contribution < -0.4 is 0 Å². The SMILES string of the molecule is CC1CCCN1CCC(C)(C)C. The van der Waals surface area contributed by atoms with E-state index >= 15 is 0 Å². The number of hydrogen-bond donors (Lipinski definition) is 0. The van der Waals surface area contributed by atoms with Gasteiger partial charge in [0.05, 0.1) is 0 Å². The van der Waals surface area contributed by atoms with Gasteiger partial charge in [0.25, 0.3) is 0 Å². The molecule has 0 aromatic carbocycles. The van der Waals surface area contributed by atoms with Gasteiger partial charge in [-0.25, -0.2) is 0 Å². The van der Waals surface area contributed by atoms with Crippen molar-refractivity contribution in [2.45, 2.75) is 53.0 Å². The molecule has 1 heteroatoms. The van der Waals surface area contributed by atoms with Gasteiger partial charge in [0, 0.05) is 6.04 Å². The van der Waals surface area contributed by atoms with Crippen molar-refractivity contribution in [1.82, 2.24) is 4.90 Å². The molecule has 0 aromatic heterocycles. The molecule has 12 heavy (non-hydrogen) atoms. The van der Waals surface area contributed by atoms with Crippen molar-refractivity contribution in [2.75, 3.05) is 13.1 Å². The zero-order chi connectivity index (χ0) is 9.19. The highest BCUT2D eigenvalue weighted by Gasteiger charge is 2.21. The fourth-order valence-electron chi connectivity index (χ4n) is 1.80. The topological polar surface area (TPSA) is 3.24 Å². The van der Waals surface area contributed by atoms with Crippen LogP contribution in [0, 0.1) is 5.41 Å². The summed E-state index contributed by atoms with van der Waals surface area (Å²) in [5.41, 5.74) is 0.502. The van der Waals surface area contributed by atoms with Gasteiger partial charge in [0.1, 0.15) is 0 Å². The third-order valence-electron chi connectivity index (χ3n) is 2.84. The third kappa shape index (κ3) is 3.14. The van der Waals surface area contributed by atoms with E-state index < -0.39 is 0 Å². The van der Waals surface area contributed by atoms with Gasteiger partial charge in [0.2, 0.25) is 0 Å². The second-order valence-corrected chi connectivity index (χ2v) is 5.34. The molecular formula is C11H23N. The van der Waals surface area contributed by atoms with E-state index in [1.54, 1.807) is 0 Å². The monoisotopic (exact) mass is 169 g/mol. The van der Waals surface area contributed by atoms with E-state index in [-0.39, 0.29) is 0 Å². The fourth-order valence-corrected chi connectivity index (χ4v) is 1.80. The zero-order valence-electron chi connectivity index (χ0n) is 9.06. The molecule has 0 N–H and O–H groups in total. The Balaban J connectivity index is 2.23. The van der Waals surface area contributed by atoms with Crippen LogP contribution in [-0.2, 0) is 0 Å². The molecule has 0 saturated carbocycles. The maximum atomic E-state index is 2.63. The number of nitrogens with zero attached hydrogens (tertiary/aromatic N) is 1. The van der Waals surface area contributed by atoms with Gasteiger partial charge in [-0.3, -0.25) is 0 Å². The van der Waals surface area contributed by atoms with Crippen molar-refractivity contribution in [2.24, 2.45) is 5.41 Å². The molecule has 1 heterocycles. The minimum atomic E-state index is 0.502. The molecule has 1 fully saturated rings. The van der Waals surface area contributed by atoms with Gasteiger partial charge in [-0.05, 0) is 44.7 Å². The van der Waals surface area contributed by atoms with Crippen LogP contribution >= 0.6 is 0 Å². The van der Waals surface area contributed by atoms with Gasteiger partial charge in [-0.2, -0.15) is 0 Å². The molecule has 1 saturated heterocycles. The number of hydrogen-bond acceptors (Lipinski definition) is 1. The molecule has 0 aromatic rings. The maximum absolute atomic E-state index is 2.63. The predicted octanol–water partition coefficient (Wildman–Crippen LogP) is 2.91. The van der Waals surface area contributed by atoms with Crippen molar-refractivity contribution in [3.05, 3.63) is 0 Å². The van der Waals surface area contributed by atoms with Gasteiger partial charge in [-0.15, -0.1) is 0 Å². The van der Waals surface area contributed by atoms with Crippen LogP contribution in [0.4, 0.5) is 0 Å². The maximum Gasteiger partial charge on any atom is 0.00674 e. The van der Waals surface area contributed by atoms with Crippen LogP contribution in [0.2, 0.25) is 0 Å². The second kappa shape index (κ2) is 3.78. The van der Waals surface area contributed by atoms with E-state index in [1.165, 1.54) is 32.4 Å². The lowest BCUT2D eigenvalue weighted by Gasteiger charge is -2.26. The van der Waals surface area contributed by atoms with Crippen molar-refractivity contribution >= 4 is 0 Å². The smallest absolute Gasteiger partial charge is 0.00674 e. The first kappa shape index (κ1) is 10.0. The summed E-state index contributed by atoms with van der Waals surface area (Å²) in [7, 11) is 0. The van der Waals surface area contributed by atoms with Crippen LogP contribution in [0.25, 0.3) is 0 Å². The van der Waals surface area contributed by atoms with Crippen LogP contribution in [0.15, 0.2) is 0 Å². The van der Waals surface area contributed by atoms with Crippen LogP contribution in [-0.4, -0.2) is 24.0 Å². The normalized spacial score (nSPS) is 26.5. The first-order valence-electron chi connectivity index (χ1n) is 5.23. The average Bonchev–Trinajstić information content (AvgIpc) is 2.29. The minimum absolute atomic E-state index is 0.502. The highest BCUT2D eigenvalue weighted by Crippen LogP contribution is 2.22. The van der Waals surface area contributed by atoms with Crippen LogP contribution in [0.1, 0.15) is 47.0 Å². The van der Waals surface area contributed by atoms with Crippen LogP contribution in [0.3, 0.4) is 0 Å². The summed E-state index contributed by atoms with van der Waals surface area (Å²) >= 11 is 0. The van der Waals surface area contributed by atoms with Gasteiger partial charge in [-0.1, -0.05) is 20.8 Å². The number of rotatable bonds is 2. The van der Waals surface area contributed by atoms with Gasteiger partial charge in [0.15, 0.2) is 0 Å². The molecule has 72 valence electrons. The van der Waals surface area contributed by atoms with Gasteiger partial charge < -0.3 is 4.90 Å². The number of likely N-dealkylation sites (tertiary alicyclic amines) is 1. The third-order valence-corrected chi connectivity index (χ3v) is 2.84. The molecule has 0 bridgehead atoms. The Morgan fingerprint density at radius 2 is 2.00 bits per heavy atom. The van der Waals surface area contributed by atoms with E-state index in [2.05, 4.69) is 32.6 Å². The van der Waals surface area contributed by atoms with E-state index in [9.17, 15) is 0 Å². The molecule has 1 unspecified atom stereocenters. The molecule has 1 rings (SSSR count). The molecule has 0 spiro atoms. The Morgan fingerprint density at radius 1 is 1.33 bits per heavy atom. The van der Waals surface area contributed by atoms with Crippen molar-refractivity contribution < 1.29 is 0 Å². The molecule has 1 aliphatic heterocycles. The van der Waals surface area contributed by atoms with Gasteiger partial charge >= 0.3 is 0 Å². The van der Waals surface area contributed by atoms with Crippen LogP contribution in [0.5, 0.6) is 0 Å². The lowest BCUT2D eigenvalue weighted by Crippen LogP contribution is -2.30. The summed E-state index contributed by atoms with van der Waals surface area (Å²) in [5.74, 6) is 0. The summed E-state index contributed by atoms with van der Waals surface area (Å²) < 4.78 is 0. The van der Waals surface area contributed by atoms with Crippen molar-refractivity contribution in [3.8, 4) is 0 Å². The molecule has 0 amide bonds. The quantitative estimate of drug-likeness (QED) is 0.614. The Kier molecular flexibility index (Phi) is 3.16. The molecule has 1 aliphatic rings. The first-order chi connectivity index (χ1) is 5.49. The van der Waals surface area contributed by atoms with Crippen molar-refractivity contribution in [3.63, 3.8) is 0 Å². The zero-order valence-corrected chi connectivity index (χ0v) is 9.06. The molecule has 0 aliphatic carbocycles. The van der Waals surface area contributed by atoms with E-state index in [4.69, 9.17) is 0 Å². The summed E-state index contributed by atoms with van der Waals surface area (Å²) in [6.07, 6.45) is 4.15. The summed E-state index contributed by atoms with van der Waals surface area (Å²) in [6, 6.07) is 0.840. The van der Waals surface area contributed by atoms with E-state index in [1.807, 2.05) is 0 Å². The Hall–Kier alpha value is -0.0400. The second-order valence-electron chi connectivity index (χ2n) is 5.34. The highest BCUT2D eigenvalue weighted by molar-refractivity contribution is 4.76. The lowest BCUT2D eigenvalue weighted by atomic mass is 9.92. The summed E-state index contributed by atoms with van der Waals surface area (Å²) in [4.78, 5) is 2.63. The highest BCUT2D eigenvalue weighted by atomic mass is 15.2. The molecule has 0 radical (unpaired) electrons. The van der Waals surface area contributed by atoms with E-state index in [0.717, 1.165) is 6.04 Å². The molecule has 1 nitrogen and oxygen atoms in total. The largest absolute Gasteiger partial charge is 0.301 e. The Labute approximate surface area is 77.1 Å². The first-order valence-corrected chi connectivity index (χ1v) is 5.23. The fraction of sp³-hybridized carbons (Fsp3) is 1.00. The van der Waals surface area contributed by atoms with Crippen molar-refractivity contribution in [1.29, 1.82) is 0 Å². The predicted molar refractivity (Wildman–Crippen MR) is 54.3 cm³/mol. The van der Waals surface area contributed by atoms with E-state index in [0.29, 0.717) is 5.41 Å². The Bertz CT molecular complexity index is 134. The minimum Gasteiger partial charge on any atom is -0.301 e. The molecular weight excluding hydrogens is 146 g/mol. The summed E-state index contributed by atoms with van der Waals surface area (Å²) in [6.45, 7) is 12.0. The Morgan fingerprint density at radius 3 is 2.42 bits per heavy atom. The summed E-state index contributed by atoms with van der Waals surface area (Å²) in [5, 5.41) is 0. The average molecular weight is 169 g/mol. The molecule has 1 atom stereocenters. The lowest BCUT2D eigenvalue weighted by molar-refractivity contribution is 0.223.